The van der Waals surface area contributed by atoms with Crippen LogP contribution < -0.4 is 19.7 Å². The molecule has 0 aromatic heterocycles. The second-order valence-electron chi connectivity index (χ2n) is 8.15. The molecule has 4 rings (SSSR count). The highest BCUT2D eigenvalue weighted by Gasteiger charge is 2.18. The van der Waals surface area contributed by atoms with Gasteiger partial charge in [-0.3, -0.25) is 4.90 Å². The zero-order chi connectivity index (χ0) is 20.8. The number of nitrogens with zero attached hydrogens (tertiary/aromatic N) is 2. The highest BCUT2D eigenvalue weighted by molar-refractivity contribution is 9.10. The van der Waals surface area contributed by atoms with Gasteiger partial charge in [0.25, 0.3) is 0 Å². The molecule has 2 saturated heterocycles. The van der Waals surface area contributed by atoms with E-state index in [1.54, 1.807) is 7.11 Å². The lowest BCUT2D eigenvalue weighted by Crippen LogP contribution is -2.34. The van der Waals surface area contributed by atoms with Crippen molar-refractivity contribution < 1.29 is 9.47 Å². The average molecular weight is 474 g/mol. The van der Waals surface area contributed by atoms with Crippen molar-refractivity contribution in [2.24, 2.45) is 0 Å². The van der Waals surface area contributed by atoms with Crippen molar-refractivity contribution in [2.75, 3.05) is 51.3 Å². The Labute approximate surface area is 188 Å². The van der Waals surface area contributed by atoms with Crippen LogP contribution in [0.5, 0.6) is 11.5 Å². The van der Waals surface area contributed by atoms with Gasteiger partial charge in [0.05, 0.1) is 11.6 Å². The van der Waals surface area contributed by atoms with Crippen LogP contribution in [0.2, 0.25) is 0 Å². The fourth-order valence-electron chi connectivity index (χ4n) is 4.27. The summed E-state index contributed by atoms with van der Waals surface area (Å²) in [6.07, 6.45) is 3.65. The molecule has 0 amide bonds. The first-order valence-electron chi connectivity index (χ1n) is 11.0. The summed E-state index contributed by atoms with van der Waals surface area (Å²) in [4.78, 5) is 5.03. The zero-order valence-corrected chi connectivity index (χ0v) is 19.4. The maximum Gasteiger partial charge on any atom is 0.133 e. The van der Waals surface area contributed by atoms with E-state index in [1.165, 1.54) is 17.7 Å². The average Bonchev–Trinajstić information content (AvgIpc) is 3.02. The molecule has 2 aromatic rings. The Morgan fingerprint density at radius 2 is 1.80 bits per heavy atom. The number of benzene rings is 2. The quantitative estimate of drug-likeness (QED) is 0.676. The standard InChI is InChI=1S/C24H32BrN3O2/c1-29-21-6-4-20(5-7-21)28-14-2-13-27(15-16-28)18-19-3-8-24(23(25)17-19)30-22-9-11-26-12-10-22/h3-8,17,22,26H,2,9-16,18H2,1H3. The van der Waals surface area contributed by atoms with E-state index in [1.807, 2.05) is 12.1 Å². The van der Waals surface area contributed by atoms with Gasteiger partial charge in [0, 0.05) is 38.4 Å². The highest BCUT2D eigenvalue weighted by Crippen LogP contribution is 2.29. The Morgan fingerprint density at radius 1 is 1.00 bits per heavy atom. The van der Waals surface area contributed by atoms with E-state index < -0.39 is 0 Å². The van der Waals surface area contributed by atoms with E-state index in [0.29, 0.717) is 6.10 Å². The molecule has 1 N–H and O–H groups in total. The SMILES string of the molecule is COc1ccc(N2CCCN(Cc3ccc(OC4CCNCC4)c(Br)c3)CC2)cc1. The molecule has 0 saturated carbocycles. The highest BCUT2D eigenvalue weighted by atomic mass is 79.9. The predicted octanol–water partition coefficient (Wildman–Crippen LogP) is 4.30. The molecule has 2 fully saturated rings. The summed E-state index contributed by atoms with van der Waals surface area (Å²) < 4.78 is 12.6. The fourth-order valence-corrected chi connectivity index (χ4v) is 4.79. The maximum absolute atomic E-state index is 6.21. The molecule has 0 unspecified atom stereocenters. The lowest BCUT2D eigenvalue weighted by molar-refractivity contribution is 0.161. The van der Waals surface area contributed by atoms with Gasteiger partial charge >= 0.3 is 0 Å². The summed E-state index contributed by atoms with van der Waals surface area (Å²) in [6.45, 7) is 7.39. The normalized spacial score (nSPS) is 18.8. The Bertz CT molecular complexity index is 809. The first-order chi connectivity index (χ1) is 14.7. The van der Waals surface area contributed by atoms with Crippen LogP contribution in [0, 0.1) is 0 Å². The molecular formula is C24H32BrN3O2. The molecule has 6 heteroatoms. The van der Waals surface area contributed by atoms with Crippen molar-refractivity contribution >= 4 is 21.6 Å². The number of hydrogen-bond acceptors (Lipinski definition) is 5. The van der Waals surface area contributed by atoms with E-state index in [4.69, 9.17) is 9.47 Å². The molecule has 162 valence electrons. The molecule has 0 spiro atoms. The molecule has 2 aliphatic heterocycles. The summed E-state index contributed by atoms with van der Waals surface area (Å²) in [5, 5.41) is 3.39. The number of rotatable bonds is 6. The number of hydrogen-bond donors (Lipinski definition) is 1. The van der Waals surface area contributed by atoms with Crippen LogP contribution in [-0.4, -0.2) is 57.4 Å². The number of nitrogens with one attached hydrogen (secondary N) is 1. The molecule has 30 heavy (non-hydrogen) atoms. The lowest BCUT2D eigenvalue weighted by atomic mass is 10.1. The van der Waals surface area contributed by atoms with Crippen LogP contribution in [-0.2, 0) is 6.54 Å². The van der Waals surface area contributed by atoms with E-state index in [0.717, 1.165) is 74.6 Å². The molecule has 5 nitrogen and oxygen atoms in total. The topological polar surface area (TPSA) is 37.0 Å². The minimum Gasteiger partial charge on any atom is -0.497 e. The van der Waals surface area contributed by atoms with Gasteiger partial charge in [-0.25, -0.2) is 0 Å². The summed E-state index contributed by atoms with van der Waals surface area (Å²) in [5.41, 5.74) is 2.61. The molecule has 0 atom stereocenters. The monoisotopic (exact) mass is 473 g/mol. The van der Waals surface area contributed by atoms with Gasteiger partial charge in [0.1, 0.15) is 17.6 Å². The van der Waals surface area contributed by atoms with E-state index in [2.05, 4.69) is 61.4 Å². The van der Waals surface area contributed by atoms with E-state index >= 15 is 0 Å². The largest absolute Gasteiger partial charge is 0.497 e. The molecular weight excluding hydrogens is 442 g/mol. The first-order valence-corrected chi connectivity index (χ1v) is 11.8. The van der Waals surface area contributed by atoms with Gasteiger partial charge in [0.2, 0.25) is 0 Å². The summed E-state index contributed by atoms with van der Waals surface area (Å²) in [7, 11) is 1.71. The Morgan fingerprint density at radius 3 is 2.53 bits per heavy atom. The fraction of sp³-hybridized carbons (Fsp3) is 0.500. The van der Waals surface area contributed by atoms with Gasteiger partial charge in [0.15, 0.2) is 0 Å². The lowest BCUT2D eigenvalue weighted by Gasteiger charge is -2.25. The van der Waals surface area contributed by atoms with Gasteiger partial charge in [-0.05, 0) is 90.2 Å². The number of methoxy groups -OCH3 is 1. The molecule has 0 bridgehead atoms. The molecule has 2 heterocycles. The predicted molar refractivity (Wildman–Crippen MR) is 126 cm³/mol. The third kappa shape index (κ3) is 5.68. The Kier molecular flexibility index (Phi) is 7.52. The number of ether oxygens (including phenoxy) is 2. The van der Waals surface area contributed by atoms with Gasteiger partial charge in [-0.1, -0.05) is 6.07 Å². The van der Waals surface area contributed by atoms with Crippen LogP contribution in [0.15, 0.2) is 46.9 Å². The molecule has 2 aliphatic rings. The third-order valence-corrected chi connectivity index (χ3v) is 6.63. The summed E-state index contributed by atoms with van der Waals surface area (Å²) >= 11 is 3.73. The van der Waals surface area contributed by atoms with Crippen molar-refractivity contribution in [3.05, 3.63) is 52.5 Å². The van der Waals surface area contributed by atoms with Crippen molar-refractivity contribution in [1.82, 2.24) is 10.2 Å². The second-order valence-corrected chi connectivity index (χ2v) is 9.00. The second kappa shape index (κ2) is 10.5. The van der Waals surface area contributed by atoms with Crippen LogP contribution in [0.4, 0.5) is 5.69 Å². The van der Waals surface area contributed by atoms with Crippen LogP contribution in [0.3, 0.4) is 0 Å². The molecule has 2 aromatic carbocycles. The summed E-state index contributed by atoms with van der Waals surface area (Å²) in [6, 6.07) is 15.0. The molecule has 0 aliphatic carbocycles. The minimum absolute atomic E-state index is 0.322. The Balaban J connectivity index is 1.32. The number of halogens is 1. The smallest absolute Gasteiger partial charge is 0.133 e. The van der Waals surface area contributed by atoms with Crippen LogP contribution in [0.1, 0.15) is 24.8 Å². The van der Waals surface area contributed by atoms with E-state index in [-0.39, 0.29) is 0 Å². The summed E-state index contributed by atoms with van der Waals surface area (Å²) in [5.74, 6) is 1.88. The van der Waals surface area contributed by atoms with Crippen molar-refractivity contribution in [3.63, 3.8) is 0 Å². The molecule has 0 radical (unpaired) electrons. The maximum atomic E-state index is 6.21. The zero-order valence-electron chi connectivity index (χ0n) is 17.8. The van der Waals surface area contributed by atoms with Crippen molar-refractivity contribution in [3.8, 4) is 11.5 Å². The van der Waals surface area contributed by atoms with Crippen LogP contribution >= 0.6 is 15.9 Å². The van der Waals surface area contributed by atoms with Crippen molar-refractivity contribution in [2.45, 2.75) is 31.9 Å². The first kappa shape index (κ1) is 21.5. The third-order valence-electron chi connectivity index (χ3n) is 6.01. The van der Waals surface area contributed by atoms with Crippen molar-refractivity contribution in [1.29, 1.82) is 0 Å². The Hall–Kier alpha value is -1.76. The number of anilines is 1. The van der Waals surface area contributed by atoms with E-state index in [9.17, 15) is 0 Å². The van der Waals surface area contributed by atoms with Gasteiger partial charge in [-0.15, -0.1) is 0 Å². The minimum atomic E-state index is 0.322. The van der Waals surface area contributed by atoms with Gasteiger partial charge in [-0.2, -0.15) is 0 Å². The number of piperidine rings is 1. The van der Waals surface area contributed by atoms with Gasteiger partial charge < -0.3 is 19.7 Å². The van der Waals surface area contributed by atoms with Crippen LogP contribution in [0.25, 0.3) is 0 Å².